The van der Waals surface area contributed by atoms with Gasteiger partial charge in [-0.2, -0.15) is 0 Å². The van der Waals surface area contributed by atoms with Crippen molar-refractivity contribution in [2.45, 2.75) is 6.42 Å². The van der Waals surface area contributed by atoms with Crippen molar-refractivity contribution in [1.82, 2.24) is 14.4 Å². The zero-order valence-corrected chi connectivity index (χ0v) is 12.3. The molecule has 106 valence electrons. The Balaban J connectivity index is 0.00000161. The van der Waals surface area contributed by atoms with Crippen LogP contribution in [-0.2, 0) is 16.0 Å². The largest absolute Gasteiger partial charge is 1.00 e. The Morgan fingerprint density at radius 2 is 2.05 bits per heavy atom. The van der Waals surface area contributed by atoms with E-state index in [4.69, 9.17) is 16.3 Å². The average Bonchev–Trinajstić information content (AvgIpc) is 2.79. The second-order valence-electron chi connectivity index (χ2n) is 4.50. The van der Waals surface area contributed by atoms with Gasteiger partial charge in [-0.05, 0) is 0 Å². The van der Waals surface area contributed by atoms with Gasteiger partial charge in [-0.25, -0.2) is 9.97 Å². The van der Waals surface area contributed by atoms with Crippen LogP contribution in [0.25, 0.3) is 5.65 Å². The molecule has 21 heavy (non-hydrogen) atoms. The first-order valence-electron chi connectivity index (χ1n) is 6.20. The van der Waals surface area contributed by atoms with Crippen LogP contribution in [0.3, 0.4) is 0 Å². The van der Waals surface area contributed by atoms with Crippen LogP contribution >= 0.6 is 11.6 Å². The van der Waals surface area contributed by atoms with Crippen LogP contribution in [0.4, 0.5) is 5.82 Å². The topological polar surface area (TPSA) is 82.8 Å². The SMILES string of the molecule is O=C([O-])Cc1cn2cc(Cl)nc(N3CCOCC3)c2n1.[Li+]. The van der Waals surface area contributed by atoms with Gasteiger partial charge in [0.25, 0.3) is 0 Å². The van der Waals surface area contributed by atoms with Gasteiger partial charge >= 0.3 is 18.9 Å². The van der Waals surface area contributed by atoms with Crippen molar-refractivity contribution >= 4 is 29.0 Å². The Labute approximate surface area is 138 Å². The summed E-state index contributed by atoms with van der Waals surface area (Å²) in [5, 5.41) is 11.0. The molecule has 2 aromatic rings. The third-order valence-corrected chi connectivity index (χ3v) is 3.26. The molecule has 0 aromatic carbocycles. The Bertz CT molecular complexity index is 657. The van der Waals surface area contributed by atoms with Crippen LogP contribution in [0.2, 0.25) is 5.15 Å². The molecular formula is C12H12ClLiN4O3. The van der Waals surface area contributed by atoms with E-state index in [1.165, 1.54) is 0 Å². The molecule has 1 aliphatic rings. The van der Waals surface area contributed by atoms with E-state index in [0.29, 0.717) is 48.6 Å². The van der Waals surface area contributed by atoms with Crippen LogP contribution in [-0.4, -0.2) is 46.6 Å². The Hall–Kier alpha value is -1.26. The molecule has 9 heteroatoms. The van der Waals surface area contributed by atoms with Crippen molar-refractivity contribution in [2.75, 3.05) is 31.2 Å². The first-order valence-corrected chi connectivity index (χ1v) is 6.58. The van der Waals surface area contributed by atoms with Crippen LogP contribution < -0.4 is 28.9 Å². The minimum Gasteiger partial charge on any atom is -0.550 e. The molecule has 7 nitrogen and oxygen atoms in total. The number of anilines is 1. The molecule has 0 atom stereocenters. The summed E-state index contributed by atoms with van der Waals surface area (Å²) in [5.41, 5.74) is 1.01. The van der Waals surface area contributed by atoms with E-state index >= 15 is 0 Å². The number of carbonyl (C=O) groups is 1. The number of aromatic nitrogens is 3. The van der Waals surface area contributed by atoms with E-state index in [1.54, 1.807) is 16.8 Å². The monoisotopic (exact) mass is 302 g/mol. The number of fused-ring (bicyclic) bond motifs is 1. The molecule has 0 unspecified atom stereocenters. The molecule has 1 saturated heterocycles. The quantitative estimate of drug-likeness (QED) is 0.548. The van der Waals surface area contributed by atoms with E-state index in [2.05, 4.69) is 9.97 Å². The van der Waals surface area contributed by atoms with E-state index in [-0.39, 0.29) is 25.3 Å². The minimum absolute atomic E-state index is 0. The summed E-state index contributed by atoms with van der Waals surface area (Å²) in [5.74, 6) is -0.522. The van der Waals surface area contributed by atoms with E-state index in [9.17, 15) is 9.90 Å². The van der Waals surface area contributed by atoms with Gasteiger partial charge in [0, 0.05) is 37.9 Å². The van der Waals surface area contributed by atoms with Gasteiger partial charge in [0.15, 0.2) is 11.5 Å². The summed E-state index contributed by atoms with van der Waals surface area (Å²) >= 11 is 6.01. The second kappa shape index (κ2) is 6.67. The maximum atomic E-state index is 10.7. The predicted molar refractivity (Wildman–Crippen MR) is 69.7 cm³/mol. The van der Waals surface area contributed by atoms with Crippen LogP contribution in [0.15, 0.2) is 12.4 Å². The maximum Gasteiger partial charge on any atom is 1.00 e. The van der Waals surface area contributed by atoms with Crippen molar-refractivity contribution in [1.29, 1.82) is 0 Å². The summed E-state index contributed by atoms with van der Waals surface area (Å²) in [6, 6.07) is 0. The molecule has 0 amide bonds. The van der Waals surface area contributed by atoms with E-state index in [1.807, 2.05) is 4.90 Å². The van der Waals surface area contributed by atoms with E-state index in [0.717, 1.165) is 0 Å². The number of halogens is 1. The van der Waals surface area contributed by atoms with Crippen molar-refractivity contribution in [2.24, 2.45) is 0 Å². The Kier molecular flexibility index (Phi) is 5.12. The molecule has 0 spiro atoms. The molecule has 1 fully saturated rings. The average molecular weight is 303 g/mol. The van der Waals surface area contributed by atoms with Crippen LogP contribution in [0.1, 0.15) is 5.69 Å². The minimum atomic E-state index is -1.17. The van der Waals surface area contributed by atoms with Gasteiger partial charge in [-0.15, -0.1) is 0 Å². The van der Waals surface area contributed by atoms with Crippen LogP contribution in [0, 0.1) is 0 Å². The number of nitrogens with zero attached hydrogens (tertiary/aromatic N) is 4. The zero-order valence-electron chi connectivity index (χ0n) is 11.6. The number of carboxylic acids is 1. The standard InChI is InChI=1S/C12H13ClN4O3.Li/c13-9-7-17-6-8(5-10(18)19)14-11(17)12(15-9)16-1-3-20-4-2-16;/h6-7H,1-5H2,(H,18,19);/q;+1/p-1. The van der Waals surface area contributed by atoms with Gasteiger partial charge < -0.3 is 23.9 Å². The number of ether oxygens (including phenoxy) is 1. The van der Waals surface area contributed by atoms with Gasteiger partial charge in [0.2, 0.25) is 0 Å². The molecule has 0 radical (unpaired) electrons. The van der Waals surface area contributed by atoms with Gasteiger partial charge in [-0.1, -0.05) is 11.6 Å². The molecular weight excluding hydrogens is 291 g/mol. The third-order valence-electron chi connectivity index (χ3n) is 3.08. The summed E-state index contributed by atoms with van der Waals surface area (Å²) in [7, 11) is 0. The predicted octanol–water partition coefficient (Wildman–Crippen LogP) is -3.48. The Morgan fingerprint density at radius 3 is 2.71 bits per heavy atom. The van der Waals surface area contributed by atoms with Crippen molar-refractivity contribution in [3.63, 3.8) is 0 Å². The molecule has 3 rings (SSSR count). The fourth-order valence-electron chi connectivity index (χ4n) is 2.22. The van der Waals surface area contributed by atoms with Crippen molar-refractivity contribution < 1.29 is 33.5 Å². The van der Waals surface area contributed by atoms with Gasteiger partial charge in [0.05, 0.1) is 18.9 Å². The third kappa shape index (κ3) is 3.50. The molecule has 3 heterocycles. The first-order chi connectivity index (χ1) is 9.63. The first kappa shape index (κ1) is 16.1. The smallest absolute Gasteiger partial charge is 0.550 e. The molecule has 0 aliphatic carbocycles. The van der Waals surface area contributed by atoms with Gasteiger partial charge in [-0.3, -0.25) is 0 Å². The van der Waals surface area contributed by atoms with Crippen molar-refractivity contribution in [3.05, 3.63) is 23.2 Å². The van der Waals surface area contributed by atoms with Gasteiger partial charge in [0.1, 0.15) is 5.15 Å². The zero-order chi connectivity index (χ0) is 14.1. The molecule has 1 aliphatic heterocycles. The maximum absolute atomic E-state index is 10.7. The number of hydrogen-bond acceptors (Lipinski definition) is 6. The molecule has 0 bridgehead atoms. The number of hydrogen-bond donors (Lipinski definition) is 0. The normalized spacial score (nSPS) is 15.0. The molecule has 0 saturated carbocycles. The summed E-state index contributed by atoms with van der Waals surface area (Å²) < 4.78 is 7.00. The Morgan fingerprint density at radius 1 is 1.33 bits per heavy atom. The fraction of sp³-hybridized carbons (Fsp3) is 0.417. The fourth-order valence-corrected chi connectivity index (χ4v) is 2.41. The second-order valence-corrected chi connectivity index (χ2v) is 4.89. The van der Waals surface area contributed by atoms with Crippen molar-refractivity contribution in [3.8, 4) is 0 Å². The molecule has 2 aromatic heterocycles. The molecule has 0 N–H and O–H groups in total. The summed E-state index contributed by atoms with van der Waals surface area (Å²) in [6.07, 6.45) is 3.00. The number of aliphatic carboxylic acids is 1. The van der Waals surface area contributed by atoms with E-state index < -0.39 is 5.97 Å². The summed E-state index contributed by atoms with van der Waals surface area (Å²) in [6.45, 7) is 2.64. The van der Waals surface area contributed by atoms with Crippen LogP contribution in [0.5, 0.6) is 0 Å². The number of morpholine rings is 1. The number of imidazole rings is 1. The number of carboxylic acid groups (broad SMARTS) is 1. The number of rotatable bonds is 3. The summed E-state index contributed by atoms with van der Waals surface area (Å²) in [4.78, 5) is 21.3. The number of carbonyl (C=O) groups excluding carboxylic acids is 1.